The zero-order valence-electron chi connectivity index (χ0n) is 15.3. The summed E-state index contributed by atoms with van der Waals surface area (Å²) < 4.78 is 36.9. The maximum absolute atomic E-state index is 12.7. The third-order valence-corrected chi connectivity index (χ3v) is 6.57. The minimum absolute atomic E-state index is 0.0977. The number of esters is 1. The van der Waals surface area contributed by atoms with Gasteiger partial charge in [-0.25, -0.2) is 0 Å². The summed E-state index contributed by atoms with van der Waals surface area (Å²) in [5.41, 5.74) is 2.90. The second kappa shape index (κ2) is 7.66. The third kappa shape index (κ3) is 4.12. The molecular weight excluding hydrogens is 384 g/mol. The number of fused-ring (bicyclic) bond motifs is 1. The lowest BCUT2D eigenvalue weighted by atomic mass is 10.1. The summed E-state index contributed by atoms with van der Waals surface area (Å²) in [6, 6.07) is 11.9. The Bertz CT molecular complexity index is 1160. The number of rotatable bonds is 5. The van der Waals surface area contributed by atoms with Crippen LogP contribution in [0.4, 0.5) is 0 Å². The molecule has 3 rings (SSSR count). The monoisotopic (exact) mass is 404 g/mol. The molecule has 0 aliphatic carbocycles. The van der Waals surface area contributed by atoms with Crippen LogP contribution in [0.1, 0.15) is 18.1 Å². The van der Waals surface area contributed by atoms with Crippen molar-refractivity contribution >= 4 is 37.5 Å². The normalized spacial score (nSPS) is 12.5. The van der Waals surface area contributed by atoms with Crippen LogP contribution >= 0.6 is 11.3 Å². The molecule has 8 heteroatoms. The number of benzene rings is 2. The lowest BCUT2D eigenvalue weighted by Gasteiger charge is -2.06. The predicted molar refractivity (Wildman–Crippen MR) is 105 cm³/mol. The molecule has 0 aliphatic rings. The third-order valence-electron chi connectivity index (χ3n) is 4.13. The number of carbonyl (C=O) groups excluding carboxylic acids is 1. The molecule has 0 saturated carbocycles. The summed E-state index contributed by atoms with van der Waals surface area (Å²) >= 11 is 1.24. The van der Waals surface area contributed by atoms with Crippen molar-refractivity contribution < 1.29 is 17.9 Å². The molecule has 3 aromatic rings. The van der Waals surface area contributed by atoms with Crippen molar-refractivity contribution in [3.63, 3.8) is 0 Å². The van der Waals surface area contributed by atoms with Crippen molar-refractivity contribution in [1.82, 2.24) is 4.57 Å². The van der Waals surface area contributed by atoms with E-state index in [1.54, 1.807) is 29.7 Å². The van der Waals surface area contributed by atoms with Gasteiger partial charge in [0.05, 0.1) is 21.7 Å². The van der Waals surface area contributed by atoms with E-state index < -0.39 is 16.0 Å². The molecular formula is C19H20N2O4S2. The molecule has 0 atom stereocenters. The number of thiazole rings is 1. The fourth-order valence-corrected chi connectivity index (χ4v) is 4.96. The second-order valence-corrected chi connectivity index (χ2v) is 8.67. The molecule has 1 heterocycles. The van der Waals surface area contributed by atoms with Crippen molar-refractivity contribution in [2.45, 2.75) is 32.2 Å². The molecule has 0 fully saturated rings. The second-order valence-electron chi connectivity index (χ2n) is 6.06. The highest BCUT2D eigenvalue weighted by Crippen LogP contribution is 2.22. The highest BCUT2D eigenvalue weighted by Gasteiger charge is 2.16. The molecule has 0 radical (unpaired) electrons. The van der Waals surface area contributed by atoms with Crippen molar-refractivity contribution in [3.8, 4) is 0 Å². The Balaban J connectivity index is 2.23. The number of aromatic nitrogens is 1. The molecule has 1 aromatic heterocycles. The van der Waals surface area contributed by atoms with E-state index in [0.717, 1.165) is 21.3 Å². The molecule has 0 spiro atoms. The predicted octanol–water partition coefficient (Wildman–Crippen LogP) is 3.17. The summed E-state index contributed by atoms with van der Waals surface area (Å²) in [5.74, 6) is -0.436. The van der Waals surface area contributed by atoms with Gasteiger partial charge in [0.2, 0.25) is 4.80 Å². The number of sulfonamides is 1. The zero-order valence-corrected chi connectivity index (χ0v) is 16.9. The molecule has 0 unspecified atom stereocenters. The van der Waals surface area contributed by atoms with Crippen LogP contribution in [0.15, 0.2) is 51.8 Å². The van der Waals surface area contributed by atoms with Crippen molar-refractivity contribution in [1.29, 1.82) is 0 Å². The highest BCUT2D eigenvalue weighted by molar-refractivity contribution is 7.90. The quantitative estimate of drug-likeness (QED) is 0.612. The molecule has 27 heavy (non-hydrogen) atoms. The van der Waals surface area contributed by atoms with E-state index in [1.807, 2.05) is 26.0 Å². The zero-order chi connectivity index (χ0) is 19.6. The number of carbonyl (C=O) groups is 1. The molecule has 0 saturated heterocycles. The van der Waals surface area contributed by atoms with E-state index in [0.29, 0.717) is 0 Å². The van der Waals surface area contributed by atoms with E-state index in [4.69, 9.17) is 4.74 Å². The lowest BCUT2D eigenvalue weighted by molar-refractivity contribution is -0.143. The minimum Gasteiger partial charge on any atom is -0.465 e. The van der Waals surface area contributed by atoms with Gasteiger partial charge in [-0.1, -0.05) is 29.5 Å². The first-order valence-electron chi connectivity index (χ1n) is 8.44. The Hall–Kier alpha value is -2.45. The van der Waals surface area contributed by atoms with E-state index >= 15 is 0 Å². The van der Waals surface area contributed by atoms with E-state index in [1.165, 1.54) is 23.5 Å². The van der Waals surface area contributed by atoms with Gasteiger partial charge in [0.15, 0.2) is 0 Å². The fraction of sp³-hybridized carbons (Fsp3) is 0.263. The summed E-state index contributed by atoms with van der Waals surface area (Å²) in [7, 11) is -3.89. The minimum atomic E-state index is -3.89. The Morgan fingerprint density at radius 2 is 1.81 bits per heavy atom. The smallest absolute Gasteiger partial charge is 0.326 e. The van der Waals surface area contributed by atoms with Crippen LogP contribution < -0.4 is 4.80 Å². The van der Waals surface area contributed by atoms with Crippen LogP contribution in [0.3, 0.4) is 0 Å². The molecule has 0 N–H and O–H groups in total. The van der Waals surface area contributed by atoms with Crippen molar-refractivity contribution in [2.24, 2.45) is 4.40 Å². The van der Waals surface area contributed by atoms with Gasteiger partial charge in [-0.15, -0.1) is 4.40 Å². The van der Waals surface area contributed by atoms with Crippen LogP contribution in [-0.2, 0) is 26.1 Å². The van der Waals surface area contributed by atoms with Crippen LogP contribution in [0.25, 0.3) is 10.2 Å². The molecule has 0 aliphatic heterocycles. The summed E-state index contributed by atoms with van der Waals surface area (Å²) in [6.07, 6.45) is 0. The average molecular weight is 405 g/mol. The number of aryl methyl sites for hydroxylation is 2. The molecule has 0 bridgehead atoms. The van der Waals surface area contributed by atoms with Gasteiger partial charge in [0.25, 0.3) is 10.0 Å². The number of hydrogen-bond donors (Lipinski definition) is 0. The maximum atomic E-state index is 12.7. The Labute approximate surface area is 161 Å². The van der Waals surface area contributed by atoms with Gasteiger partial charge in [-0.2, -0.15) is 8.42 Å². The first-order valence-corrected chi connectivity index (χ1v) is 10.7. The van der Waals surface area contributed by atoms with E-state index in [2.05, 4.69) is 4.40 Å². The Morgan fingerprint density at radius 3 is 2.48 bits per heavy atom. The summed E-state index contributed by atoms with van der Waals surface area (Å²) in [6.45, 7) is 5.85. The van der Waals surface area contributed by atoms with Gasteiger partial charge in [-0.05, 0) is 56.2 Å². The number of hydrogen-bond acceptors (Lipinski definition) is 5. The standard InChI is InChI=1S/C19H20N2O4S2/c1-4-25-18(22)12-21-16-10-13(2)14(3)11-17(16)26-19(21)20-27(23,24)15-8-6-5-7-9-15/h5-11H,4,12H2,1-3H3. The van der Waals surface area contributed by atoms with Crippen LogP contribution in [-0.4, -0.2) is 25.6 Å². The van der Waals surface area contributed by atoms with Gasteiger partial charge in [0, 0.05) is 0 Å². The summed E-state index contributed by atoms with van der Waals surface area (Å²) in [4.78, 5) is 12.4. The summed E-state index contributed by atoms with van der Waals surface area (Å²) in [5, 5.41) is 0. The van der Waals surface area contributed by atoms with E-state index in [9.17, 15) is 13.2 Å². The highest BCUT2D eigenvalue weighted by atomic mass is 32.2. The lowest BCUT2D eigenvalue weighted by Crippen LogP contribution is -2.23. The molecule has 142 valence electrons. The Morgan fingerprint density at radius 1 is 1.15 bits per heavy atom. The number of ether oxygens (including phenoxy) is 1. The number of nitrogens with zero attached hydrogens (tertiary/aromatic N) is 2. The topological polar surface area (TPSA) is 77.7 Å². The van der Waals surface area contributed by atoms with E-state index in [-0.39, 0.29) is 22.8 Å². The molecule has 2 aromatic carbocycles. The first-order chi connectivity index (χ1) is 12.8. The van der Waals surface area contributed by atoms with Crippen LogP contribution in [0, 0.1) is 13.8 Å². The van der Waals surface area contributed by atoms with Crippen molar-refractivity contribution in [2.75, 3.05) is 6.61 Å². The van der Waals surface area contributed by atoms with Gasteiger partial charge < -0.3 is 9.30 Å². The van der Waals surface area contributed by atoms with Crippen LogP contribution in [0.2, 0.25) is 0 Å². The maximum Gasteiger partial charge on any atom is 0.326 e. The molecule has 6 nitrogen and oxygen atoms in total. The van der Waals surface area contributed by atoms with Gasteiger partial charge in [-0.3, -0.25) is 4.79 Å². The Kier molecular flexibility index (Phi) is 5.48. The van der Waals surface area contributed by atoms with Crippen molar-refractivity contribution in [3.05, 3.63) is 58.4 Å². The fourth-order valence-electron chi connectivity index (χ4n) is 2.63. The first kappa shape index (κ1) is 19.3. The average Bonchev–Trinajstić information content (AvgIpc) is 2.92. The molecule has 0 amide bonds. The van der Waals surface area contributed by atoms with Gasteiger partial charge >= 0.3 is 5.97 Å². The SMILES string of the molecule is CCOC(=O)Cn1c(=NS(=O)(=O)c2ccccc2)sc2cc(C)c(C)cc21. The largest absolute Gasteiger partial charge is 0.465 e. The van der Waals surface area contributed by atoms with Gasteiger partial charge in [0.1, 0.15) is 6.54 Å². The van der Waals surface area contributed by atoms with Crippen LogP contribution in [0.5, 0.6) is 0 Å².